The lowest BCUT2D eigenvalue weighted by Crippen LogP contribution is -2.49. The summed E-state index contributed by atoms with van der Waals surface area (Å²) in [6.07, 6.45) is -0.445. The van der Waals surface area contributed by atoms with Gasteiger partial charge in [-0.05, 0) is 12.0 Å². The Hall–Kier alpha value is -1.32. The monoisotopic (exact) mass is 753 g/mol. The molecular weight excluding hydrogens is 715 g/mol. The summed E-state index contributed by atoms with van der Waals surface area (Å²) in [5.74, 6) is -3.39. The number of halogens is 4. The predicted molar refractivity (Wildman–Crippen MR) is 179 cm³/mol. The van der Waals surface area contributed by atoms with Crippen LogP contribution >= 0.6 is 65.8 Å². The molecule has 1 aromatic rings. The van der Waals surface area contributed by atoms with Gasteiger partial charge in [0.1, 0.15) is 18.6 Å². The van der Waals surface area contributed by atoms with Crippen LogP contribution in [0.4, 0.5) is 0 Å². The number of amides is 2. The topological polar surface area (TPSA) is 192 Å². The Morgan fingerprint density at radius 2 is 1.47 bits per heavy atom. The molecule has 256 valence electrons. The van der Waals surface area contributed by atoms with Crippen LogP contribution in [-0.4, -0.2) is 124 Å². The summed E-state index contributed by atoms with van der Waals surface area (Å²) < 4.78 is 24.0. The fourth-order valence-corrected chi connectivity index (χ4v) is 8.89. The number of rotatable bonds is 25. The number of nitrogens with zero attached hydrogens (tertiary/aromatic N) is 2. The SMILES string of the molecule is N[C@@H](CCC(=O)N[C@@H](CS[C@H](COP(=O)(N(CCCl)CCCl)N(CCCl)CCCl)c1ccccc1)C(=O)NCC(=O)O)C(=O)O. The van der Waals surface area contributed by atoms with E-state index < -0.39 is 55.3 Å². The molecule has 19 heteroatoms. The lowest BCUT2D eigenvalue weighted by molar-refractivity contribution is -0.139. The largest absolute Gasteiger partial charge is 0.480 e. The van der Waals surface area contributed by atoms with E-state index in [-0.39, 0.29) is 74.9 Å². The molecular formula is C26H40Cl4N5O8PS. The van der Waals surface area contributed by atoms with Crippen LogP contribution in [0.25, 0.3) is 0 Å². The highest BCUT2D eigenvalue weighted by molar-refractivity contribution is 7.99. The highest BCUT2D eigenvalue weighted by atomic mass is 35.5. The lowest BCUT2D eigenvalue weighted by Gasteiger charge is -2.38. The maximum atomic E-state index is 14.6. The molecule has 0 aliphatic rings. The van der Waals surface area contributed by atoms with Crippen molar-refractivity contribution in [1.29, 1.82) is 0 Å². The van der Waals surface area contributed by atoms with Crippen molar-refractivity contribution >= 4 is 89.6 Å². The first-order valence-electron chi connectivity index (χ1n) is 13.9. The molecule has 0 saturated heterocycles. The Bertz CT molecular complexity index is 1080. The Labute approximate surface area is 287 Å². The number of alkyl halides is 4. The van der Waals surface area contributed by atoms with Gasteiger partial charge < -0.3 is 31.1 Å². The van der Waals surface area contributed by atoms with Crippen LogP contribution in [0.1, 0.15) is 23.7 Å². The van der Waals surface area contributed by atoms with Crippen LogP contribution in [0.5, 0.6) is 0 Å². The van der Waals surface area contributed by atoms with Gasteiger partial charge in [-0.1, -0.05) is 30.3 Å². The number of carboxylic acids is 2. The summed E-state index contributed by atoms with van der Waals surface area (Å²) in [5.41, 5.74) is 6.25. The summed E-state index contributed by atoms with van der Waals surface area (Å²) >= 11 is 25.3. The van der Waals surface area contributed by atoms with Gasteiger partial charge in [0.15, 0.2) is 0 Å². The fourth-order valence-electron chi connectivity index (χ4n) is 3.89. The highest BCUT2D eigenvalue weighted by Crippen LogP contribution is 2.55. The minimum absolute atomic E-state index is 0.0461. The van der Waals surface area contributed by atoms with E-state index in [1.807, 2.05) is 18.2 Å². The van der Waals surface area contributed by atoms with Gasteiger partial charge in [-0.2, -0.15) is 0 Å². The molecule has 0 aliphatic heterocycles. The van der Waals surface area contributed by atoms with E-state index >= 15 is 0 Å². The average Bonchev–Trinajstić information content (AvgIpc) is 3.01. The minimum atomic E-state index is -3.78. The van der Waals surface area contributed by atoms with Gasteiger partial charge in [0.05, 0.1) is 11.9 Å². The number of carboxylic acid groups (broad SMARTS) is 2. The average molecular weight is 755 g/mol. The van der Waals surface area contributed by atoms with Crippen LogP contribution in [0.3, 0.4) is 0 Å². The molecule has 0 aliphatic carbocycles. The van der Waals surface area contributed by atoms with Crippen molar-refractivity contribution in [2.75, 3.05) is 68.6 Å². The van der Waals surface area contributed by atoms with Crippen molar-refractivity contribution in [2.45, 2.75) is 30.2 Å². The quantitative estimate of drug-likeness (QED) is 0.0726. The molecule has 0 radical (unpaired) electrons. The van der Waals surface area contributed by atoms with Crippen molar-refractivity contribution in [1.82, 2.24) is 20.0 Å². The van der Waals surface area contributed by atoms with Gasteiger partial charge in [0.25, 0.3) is 0 Å². The normalized spacial score (nSPS) is 13.8. The second kappa shape index (κ2) is 23.1. The smallest absolute Gasteiger partial charge is 0.346 e. The third kappa shape index (κ3) is 15.4. The fraction of sp³-hybridized carbons (Fsp3) is 0.615. The number of nitrogens with one attached hydrogen (secondary N) is 2. The zero-order valence-corrected chi connectivity index (χ0v) is 29.2. The predicted octanol–water partition coefficient (Wildman–Crippen LogP) is 3.02. The molecule has 1 rings (SSSR count). The lowest BCUT2D eigenvalue weighted by atomic mass is 10.1. The van der Waals surface area contributed by atoms with Crippen LogP contribution < -0.4 is 16.4 Å². The van der Waals surface area contributed by atoms with E-state index in [1.54, 1.807) is 21.5 Å². The molecule has 13 nitrogen and oxygen atoms in total. The third-order valence-corrected chi connectivity index (χ3v) is 10.9. The number of hydrogen-bond donors (Lipinski definition) is 5. The highest BCUT2D eigenvalue weighted by Gasteiger charge is 2.39. The summed E-state index contributed by atoms with van der Waals surface area (Å²) in [5, 5.41) is 22.3. The van der Waals surface area contributed by atoms with E-state index in [0.717, 1.165) is 5.56 Å². The van der Waals surface area contributed by atoms with Gasteiger partial charge in [0.2, 0.25) is 11.8 Å². The molecule has 2 amide bonds. The van der Waals surface area contributed by atoms with Gasteiger partial charge in [-0.3, -0.25) is 23.7 Å². The van der Waals surface area contributed by atoms with E-state index in [4.69, 9.17) is 66.9 Å². The van der Waals surface area contributed by atoms with E-state index in [1.165, 1.54) is 11.8 Å². The molecule has 0 saturated carbocycles. The minimum Gasteiger partial charge on any atom is -0.480 e. The molecule has 0 aromatic heterocycles. The van der Waals surface area contributed by atoms with Gasteiger partial charge in [0, 0.05) is 61.9 Å². The maximum Gasteiger partial charge on any atom is 0.346 e. The van der Waals surface area contributed by atoms with Crippen molar-refractivity contribution in [2.24, 2.45) is 5.73 Å². The number of carbonyl (C=O) groups excluding carboxylic acids is 2. The number of hydrogen-bond acceptors (Lipinski definition) is 8. The molecule has 0 unspecified atom stereocenters. The zero-order chi connectivity index (χ0) is 33.8. The van der Waals surface area contributed by atoms with Crippen molar-refractivity contribution in [3.8, 4) is 0 Å². The van der Waals surface area contributed by atoms with E-state index in [9.17, 15) is 23.7 Å². The first kappa shape index (κ1) is 41.7. The Morgan fingerprint density at radius 1 is 0.933 bits per heavy atom. The summed E-state index contributed by atoms with van der Waals surface area (Å²) in [6.45, 7) is 0.0394. The number of aliphatic carboxylic acids is 2. The van der Waals surface area contributed by atoms with Crippen molar-refractivity contribution in [3.05, 3.63) is 35.9 Å². The zero-order valence-electron chi connectivity index (χ0n) is 24.5. The summed E-state index contributed by atoms with van der Waals surface area (Å²) in [4.78, 5) is 47.6. The third-order valence-electron chi connectivity index (χ3n) is 6.18. The second-order valence-electron chi connectivity index (χ2n) is 9.40. The number of benzene rings is 1. The number of thioether (sulfide) groups is 1. The standard InChI is InChI=1S/C26H40Cl4N5O8PS/c27-8-12-34(13-9-28)44(42,35(14-10-29)15-11-30)43-17-22(19-4-2-1-3-5-19)45-18-21(25(39)32-16-24(37)38)33-23(36)7-6-20(31)26(40)41/h1-5,20-22H,6-18,31H2,(H,32,39)(H,33,36)(H,37,38)(H,40,41)/t20-,21-,22+/m0/s1. The first-order valence-corrected chi connectivity index (χ1v) is 18.6. The maximum absolute atomic E-state index is 14.6. The molecule has 0 bridgehead atoms. The molecule has 6 N–H and O–H groups in total. The first-order chi connectivity index (χ1) is 21.4. The molecule has 0 spiro atoms. The van der Waals surface area contributed by atoms with E-state index in [0.29, 0.717) is 0 Å². The van der Waals surface area contributed by atoms with Gasteiger partial charge >= 0.3 is 19.6 Å². The number of carbonyl (C=O) groups is 4. The van der Waals surface area contributed by atoms with Crippen LogP contribution in [-0.2, 0) is 28.3 Å². The van der Waals surface area contributed by atoms with Crippen LogP contribution in [0, 0.1) is 0 Å². The van der Waals surface area contributed by atoms with Gasteiger partial charge in [-0.15, -0.1) is 58.2 Å². The van der Waals surface area contributed by atoms with Crippen LogP contribution in [0.2, 0.25) is 0 Å². The molecule has 3 atom stereocenters. The van der Waals surface area contributed by atoms with Crippen LogP contribution in [0.15, 0.2) is 30.3 Å². The second-order valence-corrected chi connectivity index (χ2v) is 14.5. The Kier molecular flexibility index (Phi) is 21.4. The van der Waals surface area contributed by atoms with Crippen molar-refractivity contribution in [3.63, 3.8) is 0 Å². The molecule has 1 aromatic carbocycles. The van der Waals surface area contributed by atoms with Gasteiger partial charge in [-0.25, -0.2) is 9.34 Å². The molecule has 0 heterocycles. The Morgan fingerprint density at radius 3 is 1.93 bits per heavy atom. The molecule has 0 fully saturated rings. The summed E-state index contributed by atoms with van der Waals surface area (Å²) in [7, 11) is -3.78. The Balaban J connectivity index is 3.30. The molecule has 45 heavy (non-hydrogen) atoms. The van der Waals surface area contributed by atoms with E-state index in [2.05, 4.69) is 10.6 Å². The van der Waals surface area contributed by atoms with Crippen molar-refractivity contribution < 1.29 is 38.5 Å². The summed E-state index contributed by atoms with van der Waals surface area (Å²) in [6, 6.07) is 6.58. The number of nitrogens with two attached hydrogens (primary N) is 1.